The average Bonchev–Trinajstić information content (AvgIpc) is 1.79. The van der Waals surface area contributed by atoms with Gasteiger partial charge in [0.2, 0.25) is 0 Å². The molecule has 10 heavy (non-hydrogen) atoms. The van der Waals surface area contributed by atoms with Crippen molar-refractivity contribution in [3.05, 3.63) is 5.21 Å². The third kappa shape index (κ3) is 1.93. The van der Waals surface area contributed by atoms with Gasteiger partial charge < -0.3 is 9.85 Å². The van der Waals surface area contributed by atoms with Gasteiger partial charge in [0.15, 0.2) is 9.84 Å². The molecule has 0 radical (unpaired) electrons. The van der Waals surface area contributed by atoms with Gasteiger partial charge in [-0.1, -0.05) is 0 Å². The van der Waals surface area contributed by atoms with E-state index in [9.17, 15) is 13.6 Å². The molecule has 0 atom stereocenters. The minimum absolute atomic E-state index is 0.0486. The molecule has 60 valence electrons. The summed E-state index contributed by atoms with van der Waals surface area (Å²) in [6.07, 6.45) is 0. The van der Waals surface area contributed by atoms with Gasteiger partial charge in [-0.25, -0.2) is 8.42 Å². The van der Waals surface area contributed by atoms with Gasteiger partial charge in [-0.3, -0.25) is 0 Å². The van der Waals surface area contributed by atoms with Crippen molar-refractivity contribution in [2.24, 2.45) is 0 Å². The van der Waals surface area contributed by atoms with E-state index in [0.29, 0.717) is 0 Å². The zero-order valence-corrected chi connectivity index (χ0v) is 6.73. The molecule has 0 aliphatic carbocycles. The first-order chi connectivity index (χ1) is 4.41. The maximum absolute atomic E-state index is 11.1. The Morgan fingerprint density at radius 1 is 1.30 bits per heavy atom. The van der Waals surface area contributed by atoms with Crippen LogP contribution in [-0.4, -0.2) is 44.7 Å². The van der Waals surface area contributed by atoms with E-state index in [4.69, 9.17) is 0 Å². The number of rotatable bonds is 0. The molecule has 1 fully saturated rings. The zero-order chi connectivity index (χ0) is 7.83. The van der Waals surface area contributed by atoms with Crippen LogP contribution >= 0.6 is 0 Å². The smallest absolute Gasteiger partial charge is 0.161 e. The van der Waals surface area contributed by atoms with Crippen LogP contribution in [0.1, 0.15) is 0 Å². The predicted octanol–water partition coefficient (Wildman–Crippen LogP) is -0.641. The fourth-order valence-electron chi connectivity index (χ4n) is 0.878. The number of hydrogen-bond donors (Lipinski definition) is 0. The van der Waals surface area contributed by atoms with Crippen molar-refractivity contribution >= 4 is 9.84 Å². The first kappa shape index (κ1) is 7.97. The summed E-state index contributed by atoms with van der Waals surface area (Å²) in [5.41, 5.74) is 0. The van der Waals surface area contributed by atoms with Crippen LogP contribution in [0.2, 0.25) is 0 Å². The van der Waals surface area contributed by atoms with Crippen molar-refractivity contribution < 1.29 is 13.1 Å². The monoisotopic (exact) mass is 165 g/mol. The summed E-state index contributed by atoms with van der Waals surface area (Å²) in [6, 6.07) is 0. The molecule has 1 rings (SSSR count). The van der Waals surface area contributed by atoms with Crippen molar-refractivity contribution in [2.45, 2.75) is 0 Å². The van der Waals surface area contributed by atoms with Crippen LogP contribution < -0.4 is 0 Å². The molecule has 0 aromatic heterocycles. The summed E-state index contributed by atoms with van der Waals surface area (Å²) >= 11 is 0. The van der Waals surface area contributed by atoms with E-state index in [2.05, 4.69) is 0 Å². The number of sulfone groups is 1. The van der Waals surface area contributed by atoms with Crippen LogP contribution in [0.5, 0.6) is 0 Å². The Balaban J connectivity index is 2.63. The van der Waals surface area contributed by atoms with Gasteiger partial charge in [0.25, 0.3) is 0 Å². The van der Waals surface area contributed by atoms with Gasteiger partial charge in [0, 0.05) is 0 Å². The standard InChI is InChI=1S/C5H11NO3S/c1-6(7)2-4-10(8,9)5-3-6/h2-5H2,1H3. The quantitative estimate of drug-likeness (QED) is 0.354. The van der Waals surface area contributed by atoms with Crippen molar-refractivity contribution in [1.29, 1.82) is 0 Å². The predicted molar refractivity (Wildman–Crippen MR) is 37.9 cm³/mol. The van der Waals surface area contributed by atoms with Crippen LogP contribution in [-0.2, 0) is 9.84 Å². The van der Waals surface area contributed by atoms with E-state index in [1.165, 1.54) is 7.05 Å². The van der Waals surface area contributed by atoms with Gasteiger partial charge in [-0.2, -0.15) is 0 Å². The number of quaternary nitrogens is 1. The summed E-state index contributed by atoms with van der Waals surface area (Å²) in [4.78, 5) is 0. The summed E-state index contributed by atoms with van der Waals surface area (Å²) in [5.74, 6) is 0.0972. The maximum Gasteiger partial charge on any atom is 0.161 e. The number of hydrogen-bond acceptors (Lipinski definition) is 3. The Morgan fingerprint density at radius 2 is 1.70 bits per heavy atom. The lowest BCUT2D eigenvalue weighted by Gasteiger charge is -2.41. The molecule has 0 unspecified atom stereocenters. The van der Waals surface area contributed by atoms with Crippen LogP contribution in [0.4, 0.5) is 0 Å². The highest BCUT2D eigenvalue weighted by Crippen LogP contribution is 2.08. The minimum Gasteiger partial charge on any atom is -0.633 e. The van der Waals surface area contributed by atoms with Gasteiger partial charge in [0.05, 0.1) is 31.6 Å². The Morgan fingerprint density at radius 3 is 2.00 bits per heavy atom. The molecule has 1 aliphatic rings. The first-order valence-corrected chi connectivity index (χ1v) is 4.99. The molecule has 0 aromatic carbocycles. The highest BCUT2D eigenvalue weighted by molar-refractivity contribution is 7.91. The lowest BCUT2D eigenvalue weighted by Crippen LogP contribution is -2.49. The summed E-state index contributed by atoms with van der Waals surface area (Å²) in [5, 5.41) is 11.1. The highest BCUT2D eigenvalue weighted by Gasteiger charge is 2.25. The summed E-state index contributed by atoms with van der Waals surface area (Å²) in [7, 11) is -1.36. The zero-order valence-electron chi connectivity index (χ0n) is 5.91. The summed E-state index contributed by atoms with van der Waals surface area (Å²) in [6.45, 7) is 0.421. The van der Waals surface area contributed by atoms with Crippen molar-refractivity contribution in [2.75, 3.05) is 31.6 Å². The summed E-state index contributed by atoms with van der Waals surface area (Å²) < 4.78 is 21.2. The third-order valence-corrected chi connectivity index (χ3v) is 3.36. The topological polar surface area (TPSA) is 57.2 Å². The van der Waals surface area contributed by atoms with Crippen LogP contribution in [0, 0.1) is 5.21 Å². The van der Waals surface area contributed by atoms with E-state index in [-0.39, 0.29) is 24.6 Å². The maximum atomic E-state index is 11.1. The normalized spacial score (nSPS) is 29.8. The van der Waals surface area contributed by atoms with E-state index < -0.39 is 14.5 Å². The fraction of sp³-hybridized carbons (Fsp3) is 1.00. The van der Waals surface area contributed by atoms with E-state index >= 15 is 0 Å². The molecule has 1 saturated heterocycles. The Labute approximate surface area is 60.5 Å². The van der Waals surface area contributed by atoms with Crippen molar-refractivity contribution in [1.82, 2.24) is 0 Å². The molecule has 1 heterocycles. The molecule has 0 saturated carbocycles. The Bertz CT molecular complexity index is 203. The molecule has 1 aliphatic heterocycles. The van der Waals surface area contributed by atoms with E-state index in [0.717, 1.165) is 0 Å². The molecule has 0 amide bonds. The Hall–Kier alpha value is -0.130. The minimum atomic E-state index is -2.87. The molecular formula is C5H11NO3S. The molecular weight excluding hydrogens is 154 g/mol. The SMILES string of the molecule is C[N+]1([O-])CCS(=O)(=O)CC1. The van der Waals surface area contributed by atoms with Crippen molar-refractivity contribution in [3.8, 4) is 0 Å². The molecule has 0 bridgehead atoms. The second kappa shape index (κ2) is 2.18. The lowest BCUT2D eigenvalue weighted by molar-refractivity contribution is -0.856. The largest absolute Gasteiger partial charge is 0.633 e. The second-order valence-corrected chi connectivity index (χ2v) is 5.20. The van der Waals surface area contributed by atoms with Gasteiger partial charge in [-0.05, 0) is 0 Å². The van der Waals surface area contributed by atoms with Crippen molar-refractivity contribution in [3.63, 3.8) is 0 Å². The average molecular weight is 165 g/mol. The molecule has 4 nitrogen and oxygen atoms in total. The van der Waals surface area contributed by atoms with Crippen LogP contribution in [0.3, 0.4) is 0 Å². The lowest BCUT2D eigenvalue weighted by atomic mass is 10.5. The third-order valence-electron chi connectivity index (χ3n) is 1.75. The van der Waals surface area contributed by atoms with Gasteiger partial charge in [-0.15, -0.1) is 0 Å². The molecule has 0 N–H and O–H groups in total. The van der Waals surface area contributed by atoms with Crippen LogP contribution in [0.25, 0.3) is 0 Å². The molecule has 0 aromatic rings. The second-order valence-electron chi connectivity index (χ2n) is 2.90. The van der Waals surface area contributed by atoms with E-state index in [1.807, 2.05) is 0 Å². The Kier molecular flexibility index (Phi) is 1.74. The number of nitrogens with zero attached hydrogens (tertiary/aromatic N) is 1. The first-order valence-electron chi connectivity index (χ1n) is 3.17. The van der Waals surface area contributed by atoms with E-state index in [1.54, 1.807) is 0 Å². The molecule has 0 spiro atoms. The van der Waals surface area contributed by atoms with Gasteiger partial charge in [0.1, 0.15) is 0 Å². The molecule has 5 heteroatoms. The van der Waals surface area contributed by atoms with Crippen LogP contribution in [0.15, 0.2) is 0 Å². The fourth-order valence-corrected chi connectivity index (χ4v) is 2.41. The highest BCUT2D eigenvalue weighted by atomic mass is 32.2. The van der Waals surface area contributed by atoms with Gasteiger partial charge >= 0.3 is 0 Å². The number of hydroxylamine groups is 3.